The second-order valence-electron chi connectivity index (χ2n) is 7.20. The lowest BCUT2D eigenvalue weighted by atomic mass is 9.97. The summed E-state index contributed by atoms with van der Waals surface area (Å²) < 4.78 is 41.6. The molecule has 2 heterocycles. The largest absolute Gasteiger partial charge is 0.456 e. The van der Waals surface area contributed by atoms with Crippen LogP contribution in [0.15, 0.2) is 34.7 Å². The van der Waals surface area contributed by atoms with Gasteiger partial charge in [0.05, 0.1) is 18.3 Å². The monoisotopic (exact) mass is 400 g/mol. The lowest BCUT2D eigenvalue weighted by molar-refractivity contribution is 0.0294. The minimum Gasteiger partial charge on any atom is -0.456 e. The van der Waals surface area contributed by atoms with Crippen molar-refractivity contribution >= 4 is 16.9 Å². The zero-order valence-electron chi connectivity index (χ0n) is 16.3. The summed E-state index contributed by atoms with van der Waals surface area (Å²) in [4.78, 5) is 11.8. The summed E-state index contributed by atoms with van der Waals surface area (Å²) in [5, 5.41) is 6.43. The van der Waals surface area contributed by atoms with Gasteiger partial charge in [0.15, 0.2) is 0 Å². The molecule has 0 radical (unpaired) electrons. The fourth-order valence-electron chi connectivity index (χ4n) is 3.71. The van der Waals surface area contributed by atoms with Gasteiger partial charge in [0.1, 0.15) is 23.0 Å². The predicted octanol–water partition coefficient (Wildman–Crippen LogP) is 3.58. The molecule has 1 amide bonds. The van der Waals surface area contributed by atoms with E-state index in [0.717, 1.165) is 29.6 Å². The summed E-state index contributed by atoms with van der Waals surface area (Å²) in [6, 6.07) is 7.73. The number of carbonyl (C=O) groups is 1. The number of hydrogen-bond acceptors (Lipinski definition) is 4. The highest BCUT2D eigenvalue weighted by molar-refractivity contribution is 5.95. The SMILES string of the molecule is CNC(=O)c1cc(F)c(-c2oc3cc(C)ccc3c2CC2CNCCO2)c(F)c1. The maximum atomic E-state index is 14.9. The third-order valence-electron chi connectivity index (χ3n) is 5.14. The van der Waals surface area contributed by atoms with Gasteiger partial charge in [-0.15, -0.1) is 0 Å². The molecule has 5 nitrogen and oxygen atoms in total. The van der Waals surface area contributed by atoms with Crippen molar-refractivity contribution < 1.29 is 22.7 Å². The van der Waals surface area contributed by atoms with Gasteiger partial charge in [-0.3, -0.25) is 4.79 Å². The van der Waals surface area contributed by atoms with E-state index < -0.39 is 17.5 Å². The summed E-state index contributed by atoms with van der Waals surface area (Å²) >= 11 is 0. The molecule has 29 heavy (non-hydrogen) atoms. The van der Waals surface area contributed by atoms with E-state index >= 15 is 0 Å². The van der Waals surface area contributed by atoms with Gasteiger partial charge in [-0.1, -0.05) is 12.1 Å². The third kappa shape index (κ3) is 3.75. The quantitative estimate of drug-likeness (QED) is 0.703. The maximum absolute atomic E-state index is 14.9. The van der Waals surface area contributed by atoms with Gasteiger partial charge in [0.25, 0.3) is 5.91 Å². The summed E-state index contributed by atoms with van der Waals surface area (Å²) in [6.07, 6.45) is 0.329. The van der Waals surface area contributed by atoms with Gasteiger partial charge < -0.3 is 19.8 Å². The fourth-order valence-corrected chi connectivity index (χ4v) is 3.71. The number of hydrogen-bond donors (Lipinski definition) is 2. The Morgan fingerprint density at radius 2 is 2.00 bits per heavy atom. The minimum atomic E-state index is -0.844. The standard InChI is InChI=1S/C22H22F2N2O3/c1-12-3-4-15-16(10-14-11-26-5-6-28-14)21(29-19(15)7-12)20-17(23)8-13(9-18(20)24)22(27)25-2/h3-4,7-9,14,26H,5-6,10-11H2,1-2H3,(H,25,27). The summed E-state index contributed by atoms with van der Waals surface area (Å²) in [6.45, 7) is 3.94. The Balaban J connectivity index is 1.86. The minimum absolute atomic E-state index is 0.0837. The van der Waals surface area contributed by atoms with Crippen LogP contribution >= 0.6 is 0 Å². The average Bonchev–Trinajstić information content (AvgIpc) is 3.04. The van der Waals surface area contributed by atoms with E-state index in [0.29, 0.717) is 30.7 Å². The smallest absolute Gasteiger partial charge is 0.251 e. The summed E-state index contributed by atoms with van der Waals surface area (Å²) in [7, 11) is 1.41. The molecular weight excluding hydrogens is 378 g/mol. The Morgan fingerprint density at radius 3 is 2.66 bits per heavy atom. The van der Waals surface area contributed by atoms with E-state index in [9.17, 15) is 13.6 Å². The lowest BCUT2D eigenvalue weighted by Gasteiger charge is -2.23. The van der Waals surface area contributed by atoms with Crippen LogP contribution in [0.1, 0.15) is 21.5 Å². The topological polar surface area (TPSA) is 63.5 Å². The van der Waals surface area contributed by atoms with Crippen molar-refractivity contribution in [1.29, 1.82) is 0 Å². The number of aryl methyl sites for hydroxylation is 1. The van der Waals surface area contributed by atoms with E-state index in [2.05, 4.69) is 10.6 Å². The highest BCUT2D eigenvalue weighted by Crippen LogP contribution is 2.38. The van der Waals surface area contributed by atoms with E-state index in [1.54, 1.807) is 0 Å². The number of furan rings is 1. The van der Waals surface area contributed by atoms with Crippen LogP contribution in [-0.4, -0.2) is 38.8 Å². The first-order valence-electron chi connectivity index (χ1n) is 9.53. The number of rotatable bonds is 4. The molecule has 2 aromatic carbocycles. The predicted molar refractivity (Wildman–Crippen MR) is 106 cm³/mol. The highest BCUT2D eigenvalue weighted by Gasteiger charge is 2.26. The summed E-state index contributed by atoms with van der Waals surface area (Å²) in [5.41, 5.74) is 1.88. The van der Waals surface area contributed by atoms with Crippen LogP contribution < -0.4 is 10.6 Å². The maximum Gasteiger partial charge on any atom is 0.251 e. The van der Waals surface area contributed by atoms with Gasteiger partial charge in [0.2, 0.25) is 0 Å². The Bertz CT molecular complexity index is 1050. The molecular formula is C22H22F2N2O3. The molecule has 1 unspecified atom stereocenters. The Hall–Kier alpha value is -2.77. The molecule has 3 aromatic rings. The van der Waals surface area contributed by atoms with Crippen LogP contribution in [-0.2, 0) is 11.2 Å². The highest BCUT2D eigenvalue weighted by atomic mass is 19.1. The van der Waals surface area contributed by atoms with Crippen molar-refractivity contribution in [3.8, 4) is 11.3 Å². The molecule has 1 atom stereocenters. The number of ether oxygens (including phenoxy) is 1. The molecule has 1 saturated heterocycles. The van der Waals surface area contributed by atoms with Crippen LogP contribution in [0.5, 0.6) is 0 Å². The van der Waals surface area contributed by atoms with Crippen molar-refractivity contribution in [2.24, 2.45) is 0 Å². The number of morpholine rings is 1. The molecule has 4 rings (SSSR count). The number of carbonyl (C=O) groups excluding carboxylic acids is 1. The molecule has 1 aliphatic rings. The average molecular weight is 400 g/mol. The van der Waals surface area contributed by atoms with Gasteiger partial charge in [-0.05, 0) is 30.7 Å². The molecule has 7 heteroatoms. The number of fused-ring (bicyclic) bond motifs is 1. The second kappa shape index (κ2) is 7.93. The second-order valence-corrected chi connectivity index (χ2v) is 7.20. The first kappa shape index (κ1) is 19.5. The third-order valence-corrected chi connectivity index (χ3v) is 5.14. The van der Waals surface area contributed by atoms with E-state index in [1.807, 2.05) is 25.1 Å². The molecule has 152 valence electrons. The van der Waals surface area contributed by atoms with Gasteiger partial charge in [0, 0.05) is 43.1 Å². The Morgan fingerprint density at radius 1 is 1.24 bits per heavy atom. The summed E-state index contributed by atoms with van der Waals surface area (Å²) in [5.74, 6) is -2.11. The molecule has 1 aliphatic heterocycles. The van der Waals surface area contributed by atoms with Crippen molar-refractivity contribution in [1.82, 2.24) is 10.6 Å². The Labute approximate surface area is 167 Å². The van der Waals surface area contributed by atoms with Gasteiger partial charge in [-0.25, -0.2) is 8.78 Å². The molecule has 0 aliphatic carbocycles. The number of nitrogens with one attached hydrogen (secondary N) is 2. The molecule has 0 saturated carbocycles. The number of halogens is 2. The first-order chi connectivity index (χ1) is 14.0. The van der Waals surface area contributed by atoms with E-state index in [-0.39, 0.29) is 23.0 Å². The lowest BCUT2D eigenvalue weighted by Crippen LogP contribution is -2.39. The fraction of sp³-hybridized carbons (Fsp3) is 0.318. The van der Waals surface area contributed by atoms with E-state index in [4.69, 9.17) is 9.15 Å². The van der Waals surface area contributed by atoms with Crippen LogP contribution in [0.2, 0.25) is 0 Å². The van der Waals surface area contributed by atoms with E-state index in [1.165, 1.54) is 7.05 Å². The molecule has 0 bridgehead atoms. The van der Waals surface area contributed by atoms with Crippen molar-refractivity contribution in [2.45, 2.75) is 19.4 Å². The van der Waals surface area contributed by atoms with Crippen LogP contribution in [0.4, 0.5) is 8.78 Å². The van der Waals surface area contributed by atoms with Crippen LogP contribution in [0.25, 0.3) is 22.3 Å². The first-order valence-corrected chi connectivity index (χ1v) is 9.53. The van der Waals surface area contributed by atoms with Gasteiger partial charge in [-0.2, -0.15) is 0 Å². The normalized spacial score (nSPS) is 16.9. The molecule has 1 fully saturated rings. The van der Waals surface area contributed by atoms with Crippen molar-refractivity contribution in [3.63, 3.8) is 0 Å². The zero-order valence-corrected chi connectivity index (χ0v) is 16.3. The van der Waals surface area contributed by atoms with Crippen LogP contribution in [0, 0.1) is 18.6 Å². The number of amides is 1. The van der Waals surface area contributed by atoms with Crippen molar-refractivity contribution in [2.75, 3.05) is 26.7 Å². The molecule has 1 aromatic heterocycles. The molecule has 0 spiro atoms. The number of benzene rings is 2. The Kier molecular flexibility index (Phi) is 5.34. The molecule has 2 N–H and O–H groups in total. The zero-order chi connectivity index (χ0) is 20.5. The van der Waals surface area contributed by atoms with Gasteiger partial charge >= 0.3 is 0 Å². The van der Waals surface area contributed by atoms with Crippen LogP contribution in [0.3, 0.4) is 0 Å². The van der Waals surface area contributed by atoms with Crippen molar-refractivity contribution in [3.05, 3.63) is 58.7 Å².